The Labute approximate surface area is 135 Å². The van der Waals surface area contributed by atoms with Gasteiger partial charge in [-0.15, -0.1) is 0 Å². The Balaban J connectivity index is 3.23. The molecule has 0 radical (unpaired) electrons. The van der Waals surface area contributed by atoms with Crippen molar-refractivity contribution in [2.45, 2.75) is 0 Å². The first-order valence-electron chi connectivity index (χ1n) is 5.94. The van der Waals surface area contributed by atoms with Crippen LogP contribution in [0.25, 0.3) is 11.1 Å². The van der Waals surface area contributed by atoms with Crippen molar-refractivity contribution in [3.05, 3.63) is 66.8 Å². The summed E-state index contributed by atoms with van der Waals surface area (Å²) in [5.41, 5.74) is -9.41. The number of nitro benzene ring substituents is 2. The summed E-state index contributed by atoms with van der Waals surface area (Å²) in [4.78, 5) is 17.7. The van der Waals surface area contributed by atoms with E-state index in [1.807, 2.05) is 0 Å². The molecule has 0 aliphatic rings. The molecule has 0 N–H and O–H groups in total. The Morgan fingerprint density at radius 3 is 0.923 bits per heavy atom. The first kappa shape index (κ1) is 19.0. The first-order chi connectivity index (χ1) is 11.9. The van der Waals surface area contributed by atoms with Gasteiger partial charge in [0, 0.05) is 0 Å². The molecule has 2 aromatic rings. The van der Waals surface area contributed by atoms with E-state index in [1.54, 1.807) is 0 Å². The van der Waals surface area contributed by atoms with Crippen LogP contribution in [0.4, 0.5) is 46.5 Å². The van der Waals surface area contributed by atoms with Gasteiger partial charge in [-0.05, 0) is 0 Å². The summed E-state index contributed by atoms with van der Waals surface area (Å²) in [5, 5.41) is 21.6. The van der Waals surface area contributed by atoms with Crippen LogP contribution in [0.3, 0.4) is 0 Å². The minimum atomic E-state index is -2.79. The lowest BCUT2D eigenvalue weighted by Crippen LogP contribution is -2.11. The van der Waals surface area contributed by atoms with E-state index >= 15 is 0 Å². The Hall–Kier alpha value is -3.32. The summed E-state index contributed by atoms with van der Waals surface area (Å²) < 4.78 is 108. The van der Waals surface area contributed by atoms with Gasteiger partial charge in [0.15, 0.2) is 23.3 Å². The highest BCUT2D eigenvalue weighted by Crippen LogP contribution is 2.45. The highest BCUT2D eigenvalue weighted by molar-refractivity contribution is 5.82. The van der Waals surface area contributed by atoms with Gasteiger partial charge >= 0.3 is 11.4 Å². The number of nitro groups is 2. The molecule has 0 saturated heterocycles. The fourth-order valence-corrected chi connectivity index (χ4v) is 2.04. The number of hydrogen-bond acceptors (Lipinski definition) is 4. The van der Waals surface area contributed by atoms with Crippen LogP contribution in [-0.2, 0) is 0 Å². The Bertz CT molecular complexity index is 915. The van der Waals surface area contributed by atoms with E-state index < -0.39 is 78.9 Å². The van der Waals surface area contributed by atoms with Gasteiger partial charge in [-0.2, -0.15) is 8.78 Å². The fraction of sp³-hybridized carbons (Fsp3) is 0. The minimum Gasteiger partial charge on any atom is -0.258 e. The Morgan fingerprint density at radius 2 is 0.692 bits per heavy atom. The van der Waals surface area contributed by atoms with Crippen LogP contribution < -0.4 is 0 Å². The van der Waals surface area contributed by atoms with Gasteiger partial charge in [-0.1, -0.05) is 0 Å². The number of rotatable bonds is 3. The molecule has 0 amide bonds. The molecule has 0 fully saturated rings. The predicted octanol–water partition coefficient (Wildman–Crippen LogP) is 4.28. The molecule has 2 aromatic carbocycles. The number of halogens is 8. The second kappa shape index (κ2) is 6.20. The van der Waals surface area contributed by atoms with Crippen molar-refractivity contribution in [1.82, 2.24) is 0 Å². The minimum absolute atomic E-state index is 1.95. The summed E-state index contributed by atoms with van der Waals surface area (Å²) in [6.45, 7) is 0. The first-order valence-corrected chi connectivity index (χ1v) is 5.94. The summed E-state index contributed by atoms with van der Waals surface area (Å²) in [5.74, 6) is -22.1. The van der Waals surface area contributed by atoms with Crippen molar-refractivity contribution in [3.63, 3.8) is 0 Å². The second-order valence-electron chi connectivity index (χ2n) is 4.47. The molecule has 138 valence electrons. The predicted molar refractivity (Wildman–Crippen MR) is 64.9 cm³/mol. The Morgan fingerprint density at radius 1 is 0.462 bits per heavy atom. The van der Waals surface area contributed by atoms with Crippen LogP contribution in [0.2, 0.25) is 0 Å². The van der Waals surface area contributed by atoms with E-state index in [1.165, 1.54) is 0 Å². The van der Waals surface area contributed by atoms with Crippen molar-refractivity contribution in [3.8, 4) is 11.1 Å². The van der Waals surface area contributed by atoms with Gasteiger partial charge in [0.25, 0.3) is 0 Å². The smallest absolute Gasteiger partial charge is 0.258 e. The van der Waals surface area contributed by atoms with Gasteiger partial charge in [-0.25, -0.2) is 26.3 Å². The molecular formula is C12F8N2O4. The van der Waals surface area contributed by atoms with Crippen molar-refractivity contribution in [2.24, 2.45) is 0 Å². The van der Waals surface area contributed by atoms with Crippen LogP contribution in [0.15, 0.2) is 0 Å². The summed E-state index contributed by atoms with van der Waals surface area (Å²) in [6, 6.07) is 0. The normalized spacial score (nSPS) is 10.9. The van der Waals surface area contributed by atoms with Crippen LogP contribution >= 0.6 is 0 Å². The molecule has 2 rings (SSSR count). The number of nitrogens with zero attached hydrogens (tertiary/aromatic N) is 2. The zero-order valence-electron chi connectivity index (χ0n) is 11.6. The number of benzene rings is 2. The van der Waals surface area contributed by atoms with Crippen LogP contribution in [0.5, 0.6) is 0 Å². The third-order valence-corrected chi connectivity index (χ3v) is 3.10. The van der Waals surface area contributed by atoms with Gasteiger partial charge in [0.2, 0.25) is 23.3 Å². The van der Waals surface area contributed by atoms with E-state index in [0.29, 0.717) is 0 Å². The maximum atomic E-state index is 13.9. The summed E-state index contributed by atoms with van der Waals surface area (Å²) >= 11 is 0. The molecule has 26 heavy (non-hydrogen) atoms. The second-order valence-corrected chi connectivity index (χ2v) is 4.47. The lowest BCUT2D eigenvalue weighted by molar-refractivity contribution is -0.389. The monoisotopic (exact) mass is 388 g/mol. The molecule has 0 aliphatic heterocycles. The molecule has 0 spiro atoms. The zero-order valence-corrected chi connectivity index (χ0v) is 11.6. The summed E-state index contributed by atoms with van der Waals surface area (Å²) in [7, 11) is 0. The molecule has 0 aliphatic carbocycles. The Kier molecular flexibility index (Phi) is 4.53. The molecule has 0 saturated carbocycles. The van der Waals surface area contributed by atoms with Gasteiger partial charge in [0.05, 0.1) is 9.85 Å². The molecule has 14 heteroatoms. The fourth-order valence-electron chi connectivity index (χ4n) is 2.04. The lowest BCUT2D eigenvalue weighted by Gasteiger charge is -2.11. The van der Waals surface area contributed by atoms with Gasteiger partial charge in [0.1, 0.15) is 11.1 Å². The molecule has 0 unspecified atom stereocenters. The average Bonchev–Trinajstić information content (AvgIpc) is 2.56. The molecule has 0 atom stereocenters. The highest BCUT2D eigenvalue weighted by Gasteiger charge is 2.42. The van der Waals surface area contributed by atoms with Gasteiger partial charge in [-0.3, -0.25) is 20.2 Å². The quantitative estimate of drug-likeness (QED) is 0.258. The molecule has 0 heterocycles. The maximum absolute atomic E-state index is 13.9. The van der Waals surface area contributed by atoms with Crippen molar-refractivity contribution in [1.29, 1.82) is 0 Å². The topological polar surface area (TPSA) is 86.3 Å². The standard InChI is InChI=1S/C12F8N2O4/c13-3-1(11(21(23)24)9(19)7(17)5(3)15)2-4(14)6(16)8(18)10(20)12(2)22(25)26. The highest BCUT2D eigenvalue weighted by atomic mass is 19.2. The largest absolute Gasteiger partial charge is 0.319 e. The molecule has 6 nitrogen and oxygen atoms in total. The van der Waals surface area contributed by atoms with Crippen molar-refractivity contribution < 1.29 is 45.0 Å². The van der Waals surface area contributed by atoms with E-state index in [4.69, 9.17) is 0 Å². The van der Waals surface area contributed by atoms with Crippen LogP contribution in [0, 0.1) is 66.8 Å². The van der Waals surface area contributed by atoms with Gasteiger partial charge < -0.3 is 0 Å². The lowest BCUT2D eigenvalue weighted by atomic mass is 9.98. The summed E-state index contributed by atoms with van der Waals surface area (Å²) in [6.07, 6.45) is 0. The van der Waals surface area contributed by atoms with Crippen LogP contribution in [-0.4, -0.2) is 9.85 Å². The maximum Gasteiger partial charge on any atom is 0.319 e. The van der Waals surface area contributed by atoms with E-state index in [9.17, 15) is 55.4 Å². The molecule has 0 aromatic heterocycles. The SMILES string of the molecule is O=[N+]([O-])c1c(F)c(F)c(F)c(F)c1-c1c(F)c(F)c(F)c(F)c1[N+](=O)[O-]. The van der Waals surface area contributed by atoms with Crippen molar-refractivity contribution in [2.75, 3.05) is 0 Å². The third-order valence-electron chi connectivity index (χ3n) is 3.10. The zero-order chi connectivity index (χ0) is 20.1. The number of hydrogen-bond donors (Lipinski definition) is 0. The molecular weight excluding hydrogens is 388 g/mol. The van der Waals surface area contributed by atoms with E-state index in [0.717, 1.165) is 0 Å². The van der Waals surface area contributed by atoms with Crippen molar-refractivity contribution >= 4 is 11.4 Å². The van der Waals surface area contributed by atoms with Crippen LogP contribution in [0.1, 0.15) is 0 Å². The molecule has 0 bridgehead atoms. The third kappa shape index (κ3) is 2.49. The van der Waals surface area contributed by atoms with E-state index in [2.05, 4.69) is 0 Å². The average molecular weight is 388 g/mol. The van der Waals surface area contributed by atoms with E-state index in [-0.39, 0.29) is 0 Å².